The number of hydrogen-bond acceptors (Lipinski definition) is 3. The predicted octanol–water partition coefficient (Wildman–Crippen LogP) is 2.65. The summed E-state index contributed by atoms with van der Waals surface area (Å²) in [4.78, 5) is 4.65. The Kier molecular flexibility index (Phi) is 2.33. The average molecular weight is 279 g/mol. The fourth-order valence-corrected chi connectivity index (χ4v) is 2.42. The summed E-state index contributed by atoms with van der Waals surface area (Å²) in [7, 11) is 0. The van der Waals surface area contributed by atoms with E-state index in [1.807, 2.05) is 18.2 Å². The Hall–Kier alpha value is -1.13. The van der Waals surface area contributed by atoms with Crippen LogP contribution in [-0.4, -0.2) is 11.6 Å². The molecule has 3 rings (SSSR count). The Labute approximate surface area is 102 Å². The largest absolute Gasteiger partial charge is 0.398 e. The summed E-state index contributed by atoms with van der Waals surface area (Å²) in [6.07, 6.45) is 0.849. The molecule has 1 aromatic carbocycles. The van der Waals surface area contributed by atoms with Gasteiger partial charge in [0.05, 0.1) is 24.4 Å². The summed E-state index contributed by atoms with van der Waals surface area (Å²) in [5.41, 5.74) is 10.1. The van der Waals surface area contributed by atoms with Crippen molar-refractivity contribution in [1.82, 2.24) is 4.98 Å². The molecule has 1 aliphatic rings. The van der Waals surface area contributed by atoms with Gasteiger partial charge < -0.3 is 10.5 Å². The van der Waals surface area contributed by atoms with E-state index in [-0.39, 0.29) is 0 Å². The normalized spacial score (nSPS) is 15.1. The van der Waals surface area contributed by atoms with Crippen LogP contribution in [0.15, 0.2) is 22.7 Å². The predicted molar refractivity (Wildman–Crippen MR) is 67.2 cm³/mol. The molecule has 0 bridgehead atoms. The van der Waals surface area contributed by atoms with Crippen molar-refractivity contribution < 1.29 is 4.74 Å². The molecule has 2 heterocycles. The topological polar surface area (TPSA) is 48.1 Å². The zero-order valence-electron chi connectivity index (χ0n) is 8.66. The van der Waals surface area contributed by atoms with Gasteiger partial charge in [-0.1, -0.05) is 15.9 Å². The minimum absolute atomic E-state index is 0.584. The second-order valence-electron chi connectivity index (χ2n) is 3.91. The van der Waals surface area contributed by atoms with Crippen LogP contribution in [0.3, 0.4) is 0 Å². The van der Waals surface area contributed by atoms with Crippen LogP contribution in [0.1, 0.15) is 11.3 Å². The van der Waals surface area contributed by atoms with E-state index in [0.29, 0.717) is 6.61 Å². The molecule has 0 saturated heterocycles. The fraction of sp³-hybridized carbons (Fsp3) is 0.250. The van der Waals surface area contributed by atoms with Crippen molar-refractivity contribution in [1.29, 1.82) is 0 Å². The van der Waals surface area contributed by atoms with E-state index in [9.17, 15) is 0 Å². The van der Waals surface area contributed by atoms with Gasteiger partial charge in [0.15, 0.2) is 0 Å². The van der Waals surface area contributed by atoms with E-state index < -0.39 is 0 Å². The van der Waals surface area contributed by atoms with E-state index >= 15 is 0 Å². The SMILES string of the molecule is Nc1c2c(nc3cc(Br)ccc13)CCOC2. The number of nitrogens with two attached hydrogens (primary N) is 1. The third-order valence-corrected chi connectivity index (χ3v) is 3.40. The molecule has 4 heteroatoms. The molecule has 2 aromatic rings. The highest BCUT2D eigenvalue weighted by atomic mass is 79.9. The van der Waals surface area contributed by atoms with Gasteiger partial charge in [-0.05, 0) is 18.2 Å². The van der Waals surface area contributed by atoms with E-state index in [0.717, 1.165) is 45.3 Å². The molecule has 16 heavy (non-hydrogen) atoms. The highest BCUT2D eigenvalue weighted by molar-refractivity contribution is 9.10. The summed E-state index contributed by atoms with van der Waals surface area (Å²) < 4.78 is 6.45. The van der Waals surface area contributed by atoms with Crippen molar-refractivity contribution in [3.63, 3.8) is 0 Å². The Morgan fingerprint density at radius 1 is 1.38 bits per heavy atom. The lowest BCUT2D eigenvalue weighted by Crippen LogP contribution is -2.14. The molecule has 0 unspecified atom stereocenters. The molecular formula is C12H11BrN2O. The van der Waals surface area contributed by atoms with Gasteiger partial charge in [-0.15, -0.1) is 0 Å². The van der Waals surface area contributed by atoms with Gasteiger partial charge in [-0.3, -0.25) is 4.98 Å². The number of aromatic nitrogens is 1. The fourth-order valence-electron chi connectivity index (χ4n) is 2.07. The minimum atomic E-state index is 0.584. The van der Waals surface area contributed by atoms with E-state index in [1.165, 1.54) is 0 Å². The monoisotopic (exact) mass is 278 g/mol. The van der Waals surface area contributed by atoms with Crippen LogP contribution < -0.4 is 5.73 Å². The molecule has 3 nitrogen and oxygen atoms in total. The van der Waals surface area contributed by atoms with Crippen molar-refractivity contribution in [3.05, 3.63) is 33.9 Å². The first-order valence-electron chi connectivity index (χ1n) is 5.20. The van der Waals surface area contributed by atoms with Gasteiger partial charge >= 0.3 is 0 Å². The van der Waals surface area contributed by atoms with E-state index in [1.54, 1.807) is 0 Å². The number of pyridine rings is 1. The van der Waals surface area contributed by atoms with Crippen LogP contribution >= 0.6 is 15.9 Å². The number of rotatable bonds is 0. The smallest absolute Gasteiger partial charge is 0.0755 e. The van der Waals surface area contributed by atoms with E-state index in [2.05, 4.69) is 20.9 Å². The molecule has 0 fully saturated rings. The van der Waals surface area contributed by atoms with Crippen molar-refractivity contribution in [2.45, 2.75) is 13.0 Å². The first kappa shape index (κ1) is 10.1. The maximum atomic E-state index is 6.15. The summed E-state index contributed by atoms with van der Waals surface area (Å²) in [5, 5.41) is 1.01. The number of nitrogens with zero attached hydrogens (tertiary/aromatic N) is 1. The Balaban J connectivity index is 2.34. The Morgan fingerprint density at radius 3 is 3.12 bits per heavy atom. The molecule has 0 saturated carbocycles. The summed E-state index contributed by atoms with van der Waals surface area (Å²) in [5.74, 6) is 0. The first-order valence-corrected chi connectivity index (χ1v) is 5.99. The molecule has 1 aliphatic heterocycles. The van der Waals surface area contributed by atoms with Gasteiger partial charge in [0.1, 0.15) is 0 Å². The molecule has 0 radical (unpaired) electrons. The van der Waals surface area contributed by atoms with Crippen molar-refractivity contribution in [2.24, 2.45) is 0 Å². The summed E-state index contributed by atoms with van der Waals surface area (Å²) >= 11 is 3.45. The number of fused-ring (bicyclic) bond motifs is 2. The second-order valence-corrected chi connectivity index (χ2v) is 4.83. The molecule has 0 atom stereocenters. The van der Waals surface area contributed by atoms with Crippen LogP contribution in [0.5, 0.6) is 0 Å². The first-order chi connectivity index (χ1) is 7.75. The van der Waals surface area contributed by atoms with Gasteiger partial charge in [0.25, 0.3) is 0 Å². The maximum absolute atomic E-state index is 6.15. The van der Waals surface area contributed by atoms with Gasteiger partial charge in [-0.25, -0.2) is 0 Å². The molecular weight excluding hydrogens is 268 g/mol. The molecule has 1 aromatic heterocycles. The van der Waals surface area contributed by atoms with Crippen LogP contribution in [0.4, 0.5) is 5.69 Å². The number of hydrogen-bond donors (Lipinski definition) is 1. The third kappa shape index (κ3) is 1.49. The van der Waals surface area contributed by atoms with Crippen LogP contribution in [0.25, 0.3) is 10.9 Å². The van der Waals surface area contributed by atoms with Gasteiger partial charge in [0, 0.05) is 27.5 Å². The summed E-state index contributed by atoms with van der Waals surface area (Å²) in [6, 6.07) is 5.98. The third-order valence-electron chi connectivity index (χ3n) is 2.91. The molecule has 0 aliphatic carbocycles. The average Bonchev–Trinajstić information content (AvgIpc) is 2.29. The lowest BCUT2D eigenvalue weighted by molar-refractivity contribution is 0.110. The van der Waals surface area contributed by atoms with Gasteiger partial charge in [0.2, 0.25) is 0 Å². The quantitative estimate of drug-likeness (QED) is 0.806. The van der Waals surface area contributed by atoms with Crippen molar-refractivity contribution in [3.8, 4) is 0 Å². The lowest BCUT2D eigenvalue weighted by Gasteiger charge is -2.18. The number of anilines is 1. The maximum Gasteiger partial charge on any atom is 0.0755 e. The number of ether oxygens (including phenoxy) is 1. The molecule has 2 N–H and O–H groups in total. The van der Waals surface area contributed by atoms with Crippen LogP contribution in [-0.2, 0) is 17.8 Å². The second kappa shape index (κ2) is 3.71. The molecule has 0 amide bonds. The summed E-state index contributed by atoms with van der Waals surface area (Å²) in [6.45, 7) is 1.32. The number of nitrogen functional groups attached to an aromatic ring is 1. The highest BCUT2D eigenvalue weighted by Crippen LogP contribution is 2.30. The van der Waals surface area contributed by atoms with Crippen LogP contribution in [0.2, 0.25) is 0 Å². The molecule has 0 spiro atoms. The number of benzene rings is 1. The van der Waals surface area contributed by atoms with Gasteiger partial charge in [-0.2, -0.15) is 0 Å². The minimum Gasteiger partial charge on any atom is -0.398 e. The van der Waals surface area contributed by atoms with Crippen molar-refractivity contribution >= 4 is 32.5 Å². The Morgan fingerprint density at radius 2 is 2.25 bits per heavy atom. The van der Waals surface area contributed by atoms with Crippen LogP contribution in [0, 0.1) is 0 Å². The van der Waals surface area contributed by atoms with Crippen molar-refractivity contribution in [2.75, 3.05) is 12.3 Å². The standard InChI is InChI=1S/C12H11BrN2O/c13-7-1-2-8-11(5-7)15-10-3-4-16-6-9(10)12(8)14/h1-2,5H,3-4,6H2,(H2,14,15). The zero-order chi connectivity index (χ0) is 11.1. The Bertz CT molecular complexity index is 568. The lowest BCUT2D eigenvalue weighted by atomic mass is 10.0. The van der Waals surface area contributed by atoms with E-state index in [4.69, 9.17) is 10.5 Å². The number of halogens is 1. The zero-order valence-corrected chi connectivity index (χ0v) is 10.3. The molecule has 82 valence electrons. The highest BCUT2D eigenvalue weighted by Gasteiger charge is 2.16.